The van der Waals surface area contributed by atoms with Gasteiger partial charge >= 0.3 is 0 Å². The highest BCUT2D eigenvalue weighted by Gasteiger charge is 2.20. The van der Waals surface area contributed by atoms with Gasteiger partial charge in [-0.3, -0.25) is 0 Å². The minimum atomic E-state index is 0.427. The fourth-order valence-corrected chi connectivity index (χ4v) is 1.29. The molecule has 0 unspecified atom stereocenters. The van der Waals surface area contributed by atoms with Crippen molar-refractivity contribution < 1.29 is 0 Å². The molecule has 4 nitrogen and oxygen atoms in total. The lowest BCUT2D eigenvalue weighted by atomic mass is 10.3. The molecule has 1 fully saturated rings. The van der Waals surface area contributed by atoms with Gasteiger partial charge in [-0.25, -0.2) is 9.97 Å². The standard InChI is InChI=1S/C10H12N4/c1-7-13-9(5-11)4-10(14-7)12-6-8-2-3-8/h4,8H,2-3,6H2,1H3,(H,12,13,14). The molecule has 1 aromatic heterocycles. The maximum absolute atomic E-state index is 8.71. The Hall–Kier alpha value is -1.63. The van der Waals surface area contributed by atoms with Crippen LogP contribution in [0.5, 0.6) is 0 Å². The first kappa shape index (κ1) is 8.95. The summed E-state index contributed by atoms with van der Waals surface area (Å²) in [5, 5.41) is 11.9. The molecule has 1 saturated carbocycles. The second-order valence-electron chi connectivity index (χ2n) is 3.62. The van der Waals surface area contributed by atoms with Crippen molar-refractivity contribution in [3.63, 3.8) is 0 Å². The molecule has 0 atom stereocenters. The highest BCUT2D eigenvalue weighted by Crippen LogP contribution is 2.28. The Morgan fingerprint density at radius 3 is 3.00 bits per heavy atom. The van der Waals surface area contributed by atoms with Gasteiger partial charge in [-0.05, 0) is 25.7 Å². The fraction of sp³-hybridized carbons (Fsp3) is 0.500. The van der Waals surface area contributed by atoms with Gasteiger partial charge in [-0.2, -0.15) is 5.26 Å². The van der Waals surface area contributed by atoms with Crippen LogP contribution in [0, 0.1) is 24.2 Å². The van der Waals surface area contributed by atoms with Crippen LogP contribution in [0.25, 0.3) is 0 Å². The van der Waals surface area contributed by atoms with E-state index in [2.05, 4.69) is 15.3 Å². The molecule has 0 aromatic carbocycles. The summed E-state index contributed by atoms with van der Waals surface area (Å²) in [6, 6.07) is 3.71. The van der Waals surface area contributed by atoms with E-state index in [0.29, 0.717) is 11.5 Å². The Kier molecular flexibility index (Phi) is 2.32. The highest BCUT2D eigenvalue weighted by atomic mass is 15.0. The third-order valence-corrected chi connectivity index (χ3v) is 2.22. The molecule has 2 rings (SSSR count). The van der Waals surface area contributed by atoms with Crippen LogP contribution in [-0.2, 0) is 0 Å². The highest BCUT2D eigenvalue weighted by molar-refractivity contribution is 5.39. The number of aryl methyl sites for hydroxylation is 1. The van der Waals surface area contributed by atoms with Crippen LogP contribution in [0.3, 0.4) is 0 Å². The van der Waals surface area contributed by atoms with E-state index in [4.69, 9.17) is 5.26 Å². The van der Waals surface area contributed by atoms with Gasteiger partial charge in [0.25, 0.3) is 0 Å². The van der Waals surface area contributed by atoms with Crippen molar-refractivity contribution in [3.8, 4) is 6.07 Å². The molecule has 0 aliphatic heterocycles. The third kappa shape index (κ3) is 2.19. The molecule has 0 radical (unpaired) electrons. The summed E-state index contributed by atoms with van der Waals surface area (Å²) in [6.07, 6.45) is 2.62. The molecule has 1 aromatic rings. The molecule has 1 aliphatic carbocycles. The number of hydrogen-bond donors (Lipinski definition) is 1. The molecular weight excluding hydrogens is 176 g/mol. The number of nitriles is 1. The SMILES string of the molecule is Cc1nc(C#N)cc(NCC2CC2)n1. The number of aromatic nitrogens is 2. The minimum Gasteiger partial charge on any atom is -0.370 e. The van der Waals surface area contributed by atoms with E-state index in [0.717, 1.165) is 18.3 Å². The van der Waals surface area contributed by atoms with Gasteiger partial charge in [0.1, 0.15) is 23.4 Å². The summed E-state index contributed by atoms with van der Waals surface area (Å²) in [7, 11) is 0. The smallest absolute Gasteiger partial charge is 0.146 e. The zero-order chi connectivity index (χ0) is 9.97. The van der Waals surface area contributed by atoms with Gasteiger partial charge in [0, 0.05) is 12.6 Å². The van der Waals surface area contributed by atoms with Crippen molar-refractivity contribution in [2.24, 2.45) is 5.92 Å². The van der Waals surface area contributed by atoms with Crippen molar-refractivity contribution in [2.75, 3.05) is 11.9 Å². The zero-order valence-electron chi connectivity index (χ0n) is 8.12. The number of hydrogen-bond acceptors (Lipinski definition) is 4. The Bertz CT molecular complexity index is 376. The van der Waals surface area contributed by atoms with E-state index in [-0.39, 0.29) is 0 Å². The van der Waals surface area contributed by atoms with Crippen LogP contribution in [0.15, 0.2) is 6.07 Å². The summed E-state index contributed by atoms with van der Waals surface area (Å²) < 4.78 is 0. The van der Waals surface area contributed by atoms with Crippen molar-refractivity contribution in [2.45, 2.75) is 19.8 Å². The Balaban J connectivity index is 2.07. The molecule has 0 bridgehead atoms. The van der Waals surface area contributed by atoms with E-state index in [9.17, 15) is 0 Å². The summed E-state index contributed by atoms with van der Waals surface area (Å²) in [5.41, 5.74) is 0.427. The van der Waals surface area contributed by atoms with Crippen LogP contribution in [-0.4, -0.2) is 16.5 Å². The van der Waals surface area contributed by atoms with Crippen molar-refractivity contribution >= 4 is 5.82 Å². The van der Waals surface area contributed by atoms with E-state index in [1.807, 2.05) is 6.07 Å². The van der Waals surface area contributed by atoms with E-state index in [1.54, 1.807) is 13.0 Å². The second kappa shape index (κ2) is 3.62. The first-order valence-corrected chi connectivity index (χ1v) is 4.77. The number of nitrogens with zero attached hydrogens (tertiary/aromatic N) is 3. The maximum atomic E-state index is 8.71. The number of anilines is 1. The molecule has 0 spiro atoms. The average molecular weight is 188 g/mol. The Morgan fingerprint density at radius 1 is 1.57 bits per heavy atom. The maximum Gasteiger partial charge on any atom is 0.146 e. The first-order chi connectivity index (χ1) is 6.78. The normalized spacial score (nSPS) is 14.9. The zero-order valence-corrected chi connectivity index (χ0v) is 8.12. The summed E-state index contributed by atoms with van der Waals surface area (Å²) >= 11 is 0. The largest absolute Gasteiger partial charge is 0.370 e. The lowest BCUT2D eigenvalue weighted by Crippen LogP contribution is -2.06. The van der Waals surface area contributed by atoms with Crippen LogP contribution >= 0.6 is 0 Å². The Morgan fingerprint density at radius 2 is 2.36 bits per heavy atom. The lowest BCUT2D eigenvalue weighted by molar-refractivity contribution is 0.876. The lowest BCUT2D eigenvalue weighted by Gasteiger charge is -2.04. The van der Waals surface area contributed by atoms with Gasteiger partial charge < -0.3 is 5.32 Å². The number of nitrogens with one attached hydrogen (secondary N) is 1. The van der Waals surface area contributed by atoms with Crippen LogP contribution in [0.1, 0.15) is 24.4 Å². The molecular formula is C10H12N4. The predicted molar refractivity (Wildman–Crippen MR) is 52.7 cm³/mol. The molecule has 14 heavy (non-hydrogen) atoms. The van der Waals surface area contributed by atoms with Gasteiger partial charge in [0.05, 0.1) is 0 Å². The predicted octanol–water partition coefficient (Wildman–Crippen LogP) is 1.48. The Labute approximate surface area is 83.0 Å². The van der Waals surface area contributed by atoms with Crippen LogP contribution in [0.4, 0.5) is 5.82 Å². The van der Waals surface area contributed by atoms with E-state index >= 15 is 0 Å². The number of rotatable bonds is 3. The molecule has 0 amide bonds. The first-order valence-electron chi connectivity index (χ1n) is 4.77. The summed E-state index contributed by atoms with van der Waals surface area (Å²) in [6.45, 7) is 2.75. The van der Waals surface area contributed by atoms with Crippen LogP contribution < -0.4 is 5.32 Å². The second-order valence-corrected chi connectivity index (χ2v) is 3.62. The molecule has 0 saturated heterocycles. The average Bonchev–Trinajstić information content (AvgIpc) is 2.97. The molecule has 1 heterocycles. The summed E-state index contributed by atoms with van der Waals surface area (Å²) in [5.74, 6) is 2.21. The topological polar surface area (TPSA) is 61.6 Å². The minimum absolute atomic E-state index is 0.427. The van der Waals surface area contributed by atoms with E-state index in [1.165, 1.54) is 12.8 Å². The third-order valence-electron chi connectivity index (χ3n) is 2.22. The van der Waals surface area contributed by atoms with Gasteiger partial charge in [-0.1, -0.05) is 0 Å². The summed E-state index contributed by atoms with van der Waals surface area (Å²) in [4.78, 5) is 8.19. The van der Waals surface area contributed by atoms with Crippen LogP contribution in [0.2, 0.25) is 0 Å². The quantitative estimate of drug-likeness (QED) is 0.780. The van der Waals surface area contributed by atoms with Gasteiger partial charge in [0.2, 0.25) is 0 Å². The van der Waals surface area contributed by atoms with Crippen molar-refractivity contribution in [1.29, 1.82) is 5.26 Å². The van der Waals surface area contributed by atoms with Gasteiger partial charge in [-0.15, -0.1) is 0 Å². The van der Waals surface area contributed by atoms with E-state index < -0.39 is 0 Å². The monoisotopic (exact) mass is 188 g/mol. The fourth-order valence-electron chi connectivity index (χ4n) is 1.29. The molecule has 4 heteroatoms. The van der Waals surface area contributed by atoms with Gasteiger partial charge in [0.15, 0.2) is 0 Å². The molecule has 72 valence electrons. The van der Waals surface area contributed by atoms with Crippen molar-refractivity contribution in [1.82, 2.24) is 9.97 Å². The molecule has 1 aliphatic rings. The van der Waals surface area contributed by atoms with Crippen molar-refractivity contribution in [3.05, 3.63) is 17.6 Å². The molecule has 1 N–H and O–H groups in total.